The van der Waals surface area contributed by atoms with E-state index in [9.17, 15) is 0 Å². The molecule has 0 aliphatic heterocycles. The molecule has 0 radical (unpaired) electrons. The Hall–Kier alpha value is -8.34. The number of furan rings is 2. The zero-order valence-electron chi connectivity index (χ0n) is 33.5. The van der Waals surface area contributed by atoms with Crippen molar-refractivity contribution in [1.82, 2.24) is 9.13 Å². The molecule has 0 amide bonds. The van der Waals surface area contributed by atoms with Crippen molar-refractivity contribution in [2.24, 2.45) is 0 Å². The van der Waals surface area contributed by atoms with Crippen LogP contribution in [0.2, 0.25) is 0 Å². The first-order chi connectivity index (χ1) is 30.7. The van der Waals surface area contributed by atoms with E-state index in [0.29, 0.717) is 0 Å². The van der Waals surface area contributed by atoms with E-state index in [2.05, 4.69) is 215 Å². The molecule has 4 nitrogen and oxygen atoms in total. The lowest BCUT2D eigenvalue weighted by Gasteiger charge is -2.10. The van der Waals surface area contributed by atoms with Crippen LogP contribution in [0.1, 0.15) is 0 Å². The maximum absolute atomic E-state index is 6.81. The zero-order chi connectivity index (χ0) is 40.7. The van der Waals surface area contributed by atoms with E-state index >= 15 is 0 Å². The molecule has 0 N–H and O–H groups in total. The van der Waals surface area contributed by atoms with Gasteiger partial charge in [0.15, 0.2) is 11.2 Å². The highest BCUT2D eigenvalue weighted by atomic mass is 16.3. The highest BCUT2D eigenvalue weighted by Gasteiger charge is 2.22. The summed E-state index contributed by atoms with van der Waals surface area (Å²) in [6, 6.07) is 77.7. The monoisotopic (exact) mass is 792 g/mol. The van der Waals surface area contributed by atoms with Crippen LogP contribution in [0.25, 0.3) is 122 Å². The third-order valence-electron chi connectivity index (χ3n) is 12.5. The van der Waals surface area contributed by atoms with Gasteiger partial charge in [-0.25, -0.2) is 0 Å². The highest BCUT2D eigenvalue weighted by molar-refractivity contribution is 6.19. The topological polar surface area (TPSA) is 36.1 Å². The van der Waals surface area contributed by atoms with E-state index in [1.165, 1.54) is 11.1 Å². The third-order valence-corrected chi connectivity index (χ3v) is 12.5. The zero-order valence-corrected chi connectivity index (χ0v) is 33.5. The fraction of sp³-hybridized carbons (Fsp3) is 0. The van der Waals surface area contributed by atoms with Gasteiger partial charge in [0.05, 0.1) is 11.0 Å². The lowest BCUT2D eigenvalue weighted by Crippen LogP contribution is -1.93. The molecule has 13 rings (SSSR count). The molecule has 4 aromatic heterocycles. The van der Waals surface area contributed by atoms with Gasteiger partial charge < -0.3 is 18.0 Å². The molecule has 62 heavy (non-hydrogen) atoms. The third kappa shape index (κ3) is 5.33. The largest absolute Gasteiger partial charge is 0.454 e. The van der Waals surface area contributed by atoms with Gasteiger partial charge in [-0.05, 0) is 117 Å². The molecule has 4 heteroatoms. The standard InChI is InChI=1S/C58H36N2O2/c1-5-13-37(14-6-1)43-25-29-47-53(35-43)61-57-49-33-41(27-31-51(49)59(55(47)57)45-17-9-3-10-18-45)39-21-23-40(24-22-39)42-28-32-52-50(34-42)58-56(60(52)46-19-11-4-12-20-46)48-30-26-44(36-54(48)62-58)38-15-7-2-8-16-38/h1-36H. The molecule has 0 aliphatic rings. The van der Waals surface area contributed by atoms with E-state index in [1.807, 2.05) is 12.1 Å². The molecule has 9 aromatic carbocycles. The van der Waals surface area contributed by atoms with E-state index < -0.39 is 0 Å². The van der Waals surface area contributed by atoms with Gasteiger partial charge in [0, 0.05) is 32.9 Å². The van der Waals surface area contributed by atoms with Gasteiger partial charge in [-0.1, -0.05) is 146 Å². The Morgan fingerprint density at radius 2 is 0.581 bits per heavy atom. The van der Waals surface area contributed by atoms with Crippen LogP contribution >= 0.6 is 0 Å². The molecule has 290 valence electrons. The van der Waals surface area contributed by atoms with Gasteiger partial charge in [0.2, 0.25) is 0 Å². The summed E-state index contributed by atoms with van der Waals surface area (Å²) < 4.78 is 18.3. The van der Waals surface area contributed by atoms with Crippen LogP contribution in [0.3, 0.4) is 0 Å². The number of benzene rings is 9. The number of fused-ring (bicyclic) bond motifs is 10. The minimum Gasteiger partial charge on any atom is -0.454 e. The van der Waals surface area contributed by atoms with Crippen LogP contribution < -0.4 is 0 Å². The van der Waals surface area contributed by atoms with Crippen molar-refractivity contribution < 1.29 is 8.83 Å². The molecule has 0 saturated carbocycles. The van der Waals surface area contributed by atoms with E-state index in [4.69, 9.17) is 8.83 Å². The van der Waals surface area contributed by atoms with Gasteiger partial charge in [0.25, 0.3) is 0 Å². The second-order valence-corrected chi connectivity index (χ2v) is 16.1. The first-order valence-electron chi connectivity index (χ1n) is 21.1. The molecule has 0 saturated heterocycles. The summed E-state index contributed by atoms with van der Waals surface area (Å²) in [5.74, 6) is 0. The van der Waals surface area contributed by atoms with Gasteiger partial charge in [-0.3, -0.25) is 0 Å². The van der Waals surface area contributed by atoms with Crippen LogP contribution in [0, 0.1) is 0 Å². The van der Waals surface area contributed by atoms with E-state index in [0.717, 1.165) is 111 Å². The van der Waals surface area contributed by atoms with Gasteiger partial charge >= 0.3 is 0 Å². The highest BCUT2D eigenvalue weighted by Crippen LogP contribution is 2.43. The molecular weight excluding hydrogens is 757 g/mol. The normalized spacial score (nSPS) is 11.9. The molecular formula is C58H36N2O2. The average Bonchev–Trinajstić information content (AvgIpc) is 4.08. The summed E-state index contributed by atoms with van der Waals surface area (Å²) in [7, 11) is 0. The van der Waals surface area contributed by atoms with Crippen molar-refractivity contribution in [3.8, 4) is 55.9 Å². The predicted molar refractivity (Wildman–Crippen MR) is 256 cm³/mol. The molecule has 0 atom stereocenters. The van der Waals surface area contributed by atoms with Crippen LogP contribution in [0.15, 0.2) is 227 Å². The van der Waals surface area contributed by atoms with E-state index in [-0.39, 0.29) is 0 Å². The summed E-state index contributed by atoms with van der Waals surface area (Å²) in [6.45, 7) is 0. The summed E-state index contributed by atoms with van der Waals surface area (Å²) in [5, 5.41) is 4.36. The summed E-state index contributed by atoms with van der Waals surface area (Å²) in [4.78, 5) is 0. The Bertz CT molecular complexity index is 3560. The number of nitrogens with zero attached hydrogens (tertiary/aromatic N) is 2. The van der Waals surface area contributed by atoms with Crippen molar-refractivity contribution in [3.63, 3.8) is 0 Å². The number of hydrogen-bond donors (Lipinski definition) is 0. The lowest BCUT2D eigenvalue weighted by molar-refractivity contribution is 0.672. The number of para-hydroxylation sites is 2. The fourth-order valence-electron chi connectivity index (χ4n) is 9.57. The second-order valence-electron chi connectivity index (χ2n) is 16.1. The molecule has 0 fully saturated rings. The van der Waals surface area contributed by atoms with Gasteiger partial charge in [-0.15, -0.1) is 0 Å². The molecule has 0 aliphatic carbocycles. The van der Waals surface area contributed by atoms with Crippen molar-refractivity contribution in [2.45, 2.75) is 0 Å². The smallest absolute Gasteiger partial charge is 0.161 e. The molecule has 0 unspecified atom stereocenters. The van der Waals surface area contributed by atoms with Crippen molar-refractivity contribution in [2.75, 3.05) is 0 Å². The molecule has 0 spiro atoms. The number of aromatic nitrogens is 2. The summed E-state index contributed by atoms with van der Waals surface area (Å²) in [5.41, 5.74) is 19.3. The van der Waals surface area contributed by atoms with Crippen molar-refractivity contribution in [1.29, 1.82) is 0 Å². The van der Waals surface area contributed by atoms with Crippen molar-refractivity contribution >= 4 is 65.9 Å². The van der Waals surface area contributed by atoms with Crippen LogP contribution in [-0.2, 0) is 0 Å². The van der Waals surface area contributed by atoms with Crippen LogP contribution in [-0.4, -0.2) is 9.13 Å². The number of rotatable bonds is 6. The van der Waals surface area contributed by atoms with E-state index in [1.54, 1.807) is 0 Å². The van der Waals surface area contributed by atoms with Crippen LogP contribution in [0.5, 0.6) is 0 Å². The average molecular weight is 793 g/mol. The summed E-state index contributed by atoms with van der Waals surface area (Å²) >= 11 is 0. The molecule has 13 aromatic rings. The Morgan fingerprint density at radius 3 is 0.984 bits per heavy atom. The maximum Gasteiger partial charge on any atom is 0.161 e. The molecule has 4 heterocycles. The SMILES string of the molecule is c1ccc(-c2ccc3c(c2)oc2c4cc(-c5ccc(-c6ccc7c(c6)c6oc8cc(-c9ccccc9)ccc8c6n7-c6ccccc6)cc5)ccc4n(-c4ccccc4)c32)cc1. The minimum absolute atomic E-state index is 0.880. The maximum atomic E-state index is 6.81. The van der Waals surface area contributed by atoms with Gasteiger partial charge in [-0.2, -0.15) is 0 Å². The number of hydrogen-bond acceptors (Lipinski definition) is 2. The second kappa shape index (κ2) is 13.6. The lowest BCUT2D eigenvalue weighted by atomic mass is 9.99. The Morgan fingerprint density at radius 1 is 0.258 bits per heavy atom. The first-order valence-corrected chi connectivity index (χ1v) is 21.1. The summed E-state index contributed by atoms with van der Waals surface area (Å²) in [6.07, 6.45) is 0. The van der Waals surface area contributed by atoms with Crippen molar-refractivity contribution in [3.05, 3.63) is 218 Å². The van der Waals surface area contributed by atoms with Gasteiger partial charge in [0.1, 0.15) is 22.2 Å². The molecule has 0 bridgehead atoms. The minimum atomic E-state index is 0.880. The quantitative estimate of drug-likeness (QED) is 0.168. The Balaban J connectivity index is 0.918. The van der Waals surface area contributed by atoms with Crippen LogP contribution in [0.4, 0.5) is 0 Å². The predicted octanol–water partition coefficient (Wildman–Crippen LogP) is 16.0. The fourth-order valence-corrected chi connectivity index (χ4v) is 9.57. The Kier molecular flexibility index (Phi) is 7.57. The first kappa shape index (κ1) is 34.5. The Labute approximate surface area is 356 Å².